The number of halogens is 5. The van der Waals surface area contributed by atoms with E-state index in [1.807, 2.05) is 0 Å². The fraction of sp³-hybridized carbons (Fsp3) is 0.133. The van der Waals surface area contributed by atoms with Crippen molar-refractivity contribution < 1.29 is 22.0 Å². The van der Waals surface area contributed by atoms with Crippen LogP contribution in [0.25, 0.3) is 11.1 Å². The van der Waals surface area contributed by atoms with E-state index in [0.717, 1.165) is 30.3 Å². The van der Waals surface area contributed by atoms with Gasteiger partial charge in [0, 0.05) is 11.1 Å². The highest BCUT2D eigenvalue weighted by molar-refractivity contribution is 5.79. The van der Waals surface area contributed by atoms with Gasteiger partial charge in [-0.2, -0.15) is 18.6 Å². The molecule has 2 aromatic rings. The number of rotatable bonds is 2. The Morgan fingerprint density at radius 3 is 2.20 bits per heavy atom. The minimum atomic E-state index is -4.88. The second kappa shape index (κ2) is 5.67. The zero-order chi connectivity index (χ0) is 18.4. The summed E-state index contributed by atoms with van der Waals surface area (Å²) in [5, 5.41) is 0. The predicted octanol–water partition coefficient (Wildman–Crippen LogP) is 2.14. The van der Waals surface area contributed by atoms with Gasteiger partial charge in [0.15, 0.2) is 0 Å². The van der Waals surface area contributed by atoms with Crippen LogP contribution in [0, 0.1) is 11.6 Å². The maximum atomic E-state index is 14.6. The Balaban J connectivity index is 2.22. The molecule has 3 rings (SSSR count). The van der Waals surface area contributed by atoms with Gasteiger partial charge in [-0.3, -0.25) is 11.2 Å². The van der Waals surface area contributed by atoms with Crippen LogP contribution in [-0.4, -0.2) is 5.96 Å². The topological polar surface area (TPSA) is 88.5 Å². The summed E-state index contributed by atoms with van der Waals surface area (Å²) in [6, 6.07) is 5.52. The molecule has 132 valence electrons. The van der Waals surface area contributed by atoms with Crippen molar-refractivity contribution in [2.24, 2.45) is 16.5 Å². The van der Waals surface area contributed by atoms with Crippen LogP contribution >= 0.6 is 0 Å². The van der Waals surface area contributed by atoms with Crippen LogP contribution in [0.4, 0.5) is 22.0 Å². The van der Waals surface area contributed by atoms with Crippen LogP contribution in [0.3, 0.4) is 0 Å². The molecule has 0 aromatic heterocycles. The molecule has 5 nitrogen and oxygen atoms in total. The van der Waals surface area contributed by atoms with Crippen molar-refractivity contribution in [3.63, 3.8) is 0 Å². The first-order valence-corrected chi connectivity index (χ1v) is 6.95. The number of hydrogen-bond donors (Lipinski definition) is 4. The zero-order valence-corrected chi connectivity index (χ0v) is 12.5. The van der Waals surface area contributed by atoms with Gasteiger partial charge in [-0.25, -0.2) is 13.8 Å². The lowest BCUT2D eigenvalue weighted by atomic mass is 9.94. The Kier molecular flexibility index (Phi) is 3.88. The van der Waals surface area contributed by atoms with Crippen molar-refractivity contribution >= 4 is 5.96 Å². The van der Waals surface area contributed by atoms with Crippen LogP contribution in [0.1, 0.15) is 11.1 Å². The maximum Gasteiger partial charge on any atom is 0.417 e. The number of guanidine groups is 1. The number of hydrogen-bond acceptors (Lipinski definition) is 5. The van der Waals surface area contributed by atoms with E-state index in [0.29, 0.717) is 6.07 Å². The molecule has 1 aliphatic rings. The highest BCUT2D eigenvalue weighted by Gasteiger charge is 2.39. The molecule has 1 heterocycles. The molecule has 0 aliphatic carbocycles. The molecule has 0 radical (unpaired) electrons. The van der Waals surface area contributed by atoms with Crippen molar-refractivity contribution in [3.05, 3.63) is 59.2 Å². The number of nitrogens with one attached hydrogen (secondary N) is 2. The minimum absolute atomic E-state index is 0.121. The van der Waals surface area contributed by atoms with E-state index in [9.17, 15) is 22.0 Å². The molecule has 1 aliphatic heterocycles. The third-order valence-corrected chi connectivity index (χ3v) is 3.65. The van der Waals surface area contributed by atoms with E-state index in [4.69, 9.17) is 11.5 Å². The lowest BCUT2D eigenvalue weighted by Crippen LogP contribution is -2.50. The number of nitrogens with zero attached hydrogens (tertiary/aromatic N) is 1. The Bertz CT molecular complexity index is 847. The smallest absolute Gasteiger partial charge is 0.369 e. The second-order valence-electron chi connectivity index (χ2n) is 5.40. The summed E-state index contributed by atoms with van der Waals surface area (Å²) in [6.45, 7) is 0. The van der Waals surface area contributed by atoms with Crippen molar-refractivity contribution in [1.82, 2.24) is 10.9 Å². The van der Waals surface area contributed by atoms with Crippen molar-refractivity contribution in [1.29, 1.82) is 0 Å². The summed E-state index contributed by atoms with van der Waals surface area (Å²) in [6.07, 6.45) is -4.88. The van der Waals surface area contributed by atoms with Gasteiger partial charge in [0.1, 0.15) is 11.6 Å². The molecular formula is C15H12F5N5. The average molecular weight is 357 g/mol. The van der Waals surface area contributed by atoms with E-state index in [2.05, 4.69) is 15.8 Å². The Morgan fingerprint density at radius 2 is 1.68 bits per heavy atom. The standard InChI is InChI=1S/C15H12F5N5/c16-9-3-1-7(2-4-9)12-10(14(18,19)20)5-8(6-11(12)17)15(22)23-13(21)24-25-15/h1-6,25H,22H2,(H3,21,23,24). The third kappa shape index (κ3) is 3.13. The zero-order valence-electron chi connectivity index (χ0n) is 12.5. The molecule has 0 saturated carbocycles. The Hall–Kier alpha value is -2.72. The monoisotopic (exact) mass is 357 g/mol. The van der Waals surface area contributed by atoms with Gasteiger partial charge in [0.25, 0.3) is 0 Å². The molecule has 1 atom stereocenters. The molecule has 0 spiro atoms. The maximum absolute atomic E-state index is 14.6. The first kappa shape index (κ1) is 17.1. The molecular weight excluding hydrogens is 345 g/mol. The number of hydrazine groups is 1. The predicted molar refractivity (Wildman–Crippen MR) is 80.6 cm³/mol. The average Bonchev–Trinajstić information content (AvgIpc) is 2.87. The molecule has 0 fully saturated rings. The molecule has 2 aromatic carbocycles. The summed E-state index contributed by atoms with van der Waals surface area (Å²) in [5.74, 6) is -3.84. The van der Waals surface area contributed by atoms with E-state index in [-0.39, 0.29) is 17.1 Å². The van der Waals surface area contributed by atoms with Crippen LogP contribution in [0.2, 0.25) is 0 Å². The van der Waals surface area contributed by atoms with E-state index < -0.39 is 34.7 Å². The fourth-order valence-electron chi connectivity index (χ4n) is 2.50. The first-order valence-electron chi connectivity index (χ1n) is 6.95. The van der Waals surface area contributed by atoms with Crippen LogP contribution < -0.4 is 22.3 Å². The summed E-state index contributed by atoms with van der Waals surface area (Å²) < 4.78 is 68.0. The first-order chi connectivity index (χ1) is 11.6. The molecule has 10 heteroatoms. The minimum Gasteiger partial charge on any atom is -0.369 e. The van der Waals surface area contributed by atoms with Gasteiger partial charge in [0.05, 0.1) is 5.56 Å². The van der Waals surface area contributed by atoms with Gasteiger partial charge in [-0.05, 0) is 29.8 Å². The lowest BCUT2D eigenvalue weighted by molar-refractivity contribution is -0.137. The highest BCUT2D eigenvalue weighted by atomic mass is 19.4. The van der Waals surface area contributed by atoms with Crippen molar-refractivity contribution in [2.45, 2.75) is 12.0 Å². The molecule has 25 heavy (non-hydrogen) atoms. The van der Waals surface area contributed by atoms with Gasteiger partial charge < -0.3 is 5.73 Å². The Morgan fingerprint density at radius 1 is 1.04 bits per heavy atom. The van der Waals surface area contributed by atoms with Gasteiger partial charge in [-0.15, -0.1) is 0 Å². The van der Waals surface area contributed by atoms with E-state index in [1.54, 1.807) is 0 Å². The van der Waals surface area contributed by atoms with Crippen LogP contribution in [0.5, 0.6) is 0 Å². The molecule has 0 bridgehead atoms. The number of benzene rings is 2. The second-order valence-corrected chi connectivity index (χ2v) is 5.40. The molecule has 0 amide bonds. The van der Waals surface area contributed by atoms with Crippen LogP contribution in [-0.2, 0) is 12.0 Å². The van der Waals surface area contributed by atoms with Gasteiger partial charge in [-0.1, -0.05) is 12.1 Å². The Labute approximate surface area is 138 Å². The third-order valence-electron chi connectivity index (χ3n) is 3.65. The van der Waals surface area contributed by atoms with E-state index in [1.165, 1.54) is 0 Å². The van der Waals surface area contributed by atoms with Gasteiger partial charge in [0.2, 0.25) is 11.7 Å². The normalized spacial score (nSPS) is 20.3. The molecule has 1 unspecified atom stereocenters. The van der Waals surface area contributed by atoms with Crippen molar-refractivity contribution in [3.8, 4) is 11.1 Å². The number of nitrogens with two attached hydrogens (primary N) is 2. The summed E-state index contributed by atoms with van der Waals surface area (Å²) in [4.78, 5) is 3.74. The SMILES string of the molecule is NC1=NC(N)(c2cc(F)c(-c3ccc(F)cc3)c(C(F)(F)F)c2)NN1. The largest absolute Gasteiger partial charge is 0.417 e. The highest BCUT2D eigenvalue weighted by Crippen LogP contribution is 2.40. The molecule has 6 N–H and O–H groups in total. The van der Waals surface area contributed by atoms with Gasteiger partial charge >= 0.3 is 6.18 Å². The lowest BCUT2D eigenvalue weighted by Gasteiger charge is -2.23. The van der Waals surface area contributed by atoms with Crippen molar-refractivity contribution in [2.75, 3.05) is 0 Å². The number of aliphatic imine (C=N–C) groups is 1. The number of alkyl halides is 3. The molecule has 0 saturated heterocycles. The van der Waals surface area contributed by atoms with Crippen LogP contribution in [0.15, 0.2) is 41.4 Å². The fourth-order valence-corrected chi connectivity index (χ4v) is 2.50. The summed E-state index contributed by atoms with van der Waals surface area (Å²) >= 11 is 0. The van der Waals surface area contributed by atoms with E-state index >= 15 is 0 Å². The summed E-state index contributed by atoms with van der Waals surface area (Å²) in [5.41, 5.74) is 13.6. The quantitative estimate of drug-likeness (QED) is 0.620. The summed E-state index contributed by atoms with van der Waals surface area (Å²) in [7, 11) is 0.